The normalized spacial score (nSPS) is 22.0. The number of rotatable bonds is 2. The highest BCUT2D eigenvalue weighted by atomic mass is 35.5. The van der Waals surface area contributed by atoms with Crippen molar-refractivity contribution in [1.82, 2.24) is 4.90 Å². The van der Waals surface area contributed by atoms with Crippen molar-refractivity contribution in [2.45, 2.75) is 25.8 Å². The van der Waals surface area contributed by atoms with E-state index in [-0.39, 0.29) is 16.6 Å². The molecule has 2 N–H and O–H groups in total. The van der Waals surface area contributed by atoms with Crippen molar-refractivity contribution in [3.8, 4) is 0 Å². The molecule has 21 heavy (non-hydrogen) atoms. The van der Waals surface area contributed by atoms with Gasteiger partial charge < -0.3 is 15.3 Å². The van der Waals surface area contributed by atoms with Crippen LogP contribution in [0.2, 0.25) is 5.02 Å². The molecule has 0 saturated carbocycles. The maximum Gasteiger partial charge on any atom is 0.326 e. The average Bonchev–Trinajstić information content (AvgIpc) is 2.43. The number of piperidine rings is 1. The Morgan fingerprint density at radius 3 is 2.86 bits per heavy atom. The summed E-state index contributed by atoms with van der Waals surface area (Å²) in [6, 6.07) is 2.73. The van der Waals surface area contributed by atoms with E-state index in [0.29, 0.717) is 13.0 Å². The molecule has 1 aromatic carbocycles. The van der Waals surface area contributed by atoms with Crippen molar-refractivity contribution in [3.63, 3.8) is 0 Å². The summed E-state index contributed by atoms with van der Waals surface area (Å²) in [5.41, 5.74) is -0.0599. The van der Waals surface area contributed by atoms with Crippen LogP contribution in [0.15, 0.2) is 18.2 Å². The maximum atomic E-state index is 13.8. The number of carbonyl (C=O) groups is 2. The van der Waals surface area contributed by atoms with Gasteiger partial charge in [0, 0.05) is 6.54 Å². The summed E-state index contributed by atoms with van der Waals surface area (Å²) in [6.45, 7) is 2.27. The van der Waals surface area contributed by atoms with Crippen molar-refractivity contribution in [1.29, 1.82) is 0 Å². The van der Waals surface area contributed by atoms with E-state index in [9.17, 15) is 19.1 Å². The molecule has 2 amide bonds. The molecule has 0 bridgehead atoms. The van der Waals surface area contributed by atoms with E-state index < -0.39 is 23.9 Å². The molecule has 2 unspecified atom stereocenters. The first kappa shape index (κ1) is 15.6. The summed E-state index contributed by atoms with van der Waals surface area (Å²) >= 11 is 5.65. The second-order valence-electron chi connectivity index (χ2n) is 5.21. The molecule has 0 aromatic heterocycles. The Bertz CT molecular complexity index is 567. The highest BCUT2D eigenvalue weighted by Crippen LogP contribution is 2.25. The number of likely N-dealkylation sites (tertiary alicyclic amines) is 1. The van der Waals surface area contributed by atoms with Crippen molar-refractivity contribution in [3.05, 3.63) is 29.0 Å². The fourth-order valence-corrected chi connectivity index (χ4v) is 2.58. The minimum Gasteiger partial charge on any atom is -0.480 e. The lowest BCUT2D eigenvalue weighted by Gasteiger charge is -2.35. The first-order chi connectivity index (χ1) is 9.90. The smallest absolute Gasteiger partial charge is 0.326 e. The third kappa shape index (κ3) is 3.44. The average molecular weight is 315 g/mol. The van der Waals surface area contributed by atoms with Gasteiger partial charge in [0.1, 0.15) is 6.04 Å². The van der Waals surface area contributed by atoms with Gasteiger partial charge >= 0.3 is 12.0 Å². The van der Waals surface area contributed by atoms with Crippen LogP contribution in [0.25, 0.3) is 0 Å². The van der Waals surface area contributed by atoms with E-state index in [1.165, 1.54) is 23.1 Å². The van der Waals surface area contributed by atoms with Crippen LogP contribution in [0.1, 0.15) is 19.8 Å². The van der Waals surface area contributed by atoms with Crippen molar-refractivity contribution >= 4 is 29.3 Å². The van der Waals surface area contributed by atoms with Gasteiger partial charge in [-0.3, -0.25) is 0 Å². The second-order valence-corrected chi connectivity index (χ2v) is 5.62. The predicted octanol–water partition coefficient (Wildman–Crippen LogP) is 3.20. The van der Waals surface area contributed by atoms with Crippen LogP contribution >= 0.6 is 11.6 Å². The number of halogens is 2. The Balaban J connectivity index is 2.15. The molecule has 1 heterocycles. The van der Waals surface area contributed by atoms with Gasteiger partial charge in [-0.15, -0.1) is 0 Å². The number of amides is 2. The van der Waals surface area contributed by atoms with E-state index in [0.717, 1.165) is 6.42 Å². The van der Waals surface area contributed by atoms with Gasteiger partial charge in [0.05, 0.1) is 10.7 Å². The predicted molar refractivity (Wildman–Crippen MR) is 77.0 cm³/mol. The van der Waals surface area contributed by atoms with E-state index in [1.807, 2.05) is 6.92 Å². The SMILES string of the molecule is CC1CCN(C(=O)Nc2cccc(Cl)c2F)C(C(=O)O)C1. The first-order valence-corrected chi connectivity index (χ1v) is 7.02. The molecule has 2 atom stereocenters. The molecule has 1 aliphatic heterocycles. The van der Waals surface area contributed by atoms with E-state index >= 15 is 0 Å². The quantitative estimate of drug-likeness (QED) is 0.880. The Kier molecular flexibility index (Phi) is 4.67. The number of carboxylic acid groups (broad SMARTS) is 1. The number of hydrogen-bond donors (Lipinski definition) is 2. The molecule has 114 valence electrons. The van der Waals surface area contributed by atoms with Crippen LogP contribution in [-0.2, 0) is 4.79 Å². The van der Waals surface area contributed by atoms with Crippen LogP contribution in [-0.4, -0.2) is 34.6 Å². The van der Waals surface area contributed by atoms with Crippen molar-refractivity contribution < 1.29 is 19.1 Å². The van der Waals surface area contributed by atoms with Crippen LogP contribution in [0.3, 0.4) is 0 Å². The Labute approximate surface area is 126 Å². The number of nitrogens with one attached hydrogen (secondary N) is 1. The van der Waals surface area contributed by atoms with Gasteiger partial charge in [-0.25, -0.2) is 14.0 Å². The van der Waals surface area contributed by atoms with Gasteiger partial charge in [-0.1, -0.05) is 24.6 Å². The molecule has 1 aliphatic rings. The fourth-order valence-electron chi connectivity index (χ4n) is 2.41. The van der Waals surface area contributed by atoms with E-state index in [2.05, 4.69) is 5.32 Å². The first-order valence-electron chi connectivity index (χ1n) is 6.64. The van der Waals surface area contributed by atoms with Crippen LogP contribution in [0, 0.1) is 11.7 Å². The standard InChI is InChI=1S/C14H16ClFN2O3/c1-8-5-6-18(11(7-8)13(19)20)14(21)17-10-4-2-3-9(15)12(10)16/h2-4,8,11H,5-7H2,1H3,(H,17,21)(H,19,20). The number of carbonyl (C=O) groups excluding carboxylic acids is 1. The lowest BCUT2D eigenvalue weighted by atomic mass is 9.93. The van der Waals surface area contributed by atoms with Gasteiger partial charge in [0.25, 0.3) is 0 Å². The van der Waals surface area contributed by atoms with E-state index in [1.54, 1.807) is 0 Å². The summed E-state index contributed by atoms with van der Waals surface area (Å²) < 4.78 is 13.8. The molecular formula is C14H16ClFN2O3. The number of hydrogen-bond acceptors (Lipinski definition) is 2. The fraction of sp³-hybridized carbons (Fsp3) is 0.429. The van der Waals surface area contributed by atoms with Gasteiger partial charge in [-0.05, 0) is 30.9 Å². The van der Waals surface area contributed by atoms with Gasteiger partial charge in [0.15, 0.2) is 5.82 Å². The molecule has 1 fully saturated rings. The van der Waals surface area contributed by atoms with Gasteiger partial charge in [-0.2, -0.15) is 0 Å². The van der Waals surface area contributed by atoms with Crippen LogP contribution < -0.4 is 5.32 Å². The zero-order valence-corrected chi connectivity index (χ0v) is 12.2. The summed E-state index contributed by atoms with van der Waals surface area (Å²) in [7, 11) is 0. The van der Waals surface area contributed by atoms with Crippen LogP contribution in [0.4, 0.5) is 14.9 Å². The molecule has 2 rings (SSSR count). The number of carboxylic acids is 1. The molecule has 7 heteroatoms. The zero-order chi connectivity index (χ0) is 15.6. The Morgan fingerprint density at radius 2 is 2.19 bits per heavy atom. The molecule has 5 nitrogen and oxygen atoms in total. The molecular weight excluding hydrogens is 299 g/mol. The highest BCUT2D eigenvalue weighted by Gasteiger charge is 2.35. The maximum absolute atomic E-state index is 13.8. The summed E-state index contributed by atoms with van der Waals surface area (Å²) in [5.74, 6) is -1.55. The number of nitrogens with zero attached hydrogens (tertiary/aromatic N) is 1. The lowest BCUT2D eigenvalue weighted by molar-refractivity contribution is -0.143. The van der Waals surface area contributed by atoms with E-state index in [4.69, 9.17) is 11.6 Å². The largest absolute Gasteiger partial charge is 0.480 e. The Hall–Kier alpha value is -1.82. The molecule has 0 spiro atoms. The highest BCUT2D eigenvalue weighted by molar-refractivity contribution is 6.31. The topological polar surface area (TPSA) is 69.6 Å². The molecule has 1 saturated heterocycles. The Morgan fingerprint density at radius 1 is 1.48 bits per heavy atom. The summed E-state index contributed by atoms with van der Waals surface area (Å²) in [6.07, 6.45) is 1.11. The monoisotopic (exact) mass is 314 g/mol. The lowest BCUT2D eigenvalue weighted by Crippen LogP contribution is -2.51. The second kappa shape index (κ2) is 6.30. The summed E-state index contributed by atoms with van der Waals surface area (Å²) in [4.78, 5) is 24.7. The van der Waals surface area contributed by atoms with Crippen molar-refractivity contribution in [2.75, 3.05) is 11.9 Å². The number of anilines is 1. The third-order valence-electron chi connectivity index (χ3n) is 3.60. The number of urea groups is 1. The molecule has 0 radical (unpaired) electrons. The third-order valence-corrected chi connectivity index (χ3v) is 3.90. The molecule has 1 aromatic rings. The van der Waals surface area contributed by atoms with Crippen molar-refractivity contribution in [2.24, 2.45) is 5.92 Å². The minimum atomic E-state index is -1.05. The minimum absolute atomic E-state index is 0.0599. The zero-order valence-electron chi connectivity index (χ0n) is 11.5. The summed E-state index contributed by atoms with van der Waals surface area (Å²) in [5, 5.41) is 11.5. The van der Waals surface area contributed by atoms with Gasteiger partial charge in [0.2, 0.25) is 0 Å². The molecule has 0 aliphatic carbocycles. The van der Waals surface area contributed by atoms with Crippen LogP contribution in [0.5, 0.6) is 0 Å². The number of aliphatic carboxylic acids is 1. The number of benzene rings is 1.